The molecule has 2 amide bonds. The van der Waals surface area contributed by atoms with Crippen molar-refractivity contribution >= 4 is 53.8 Å². The molecule has 0 aliphatic carbocycles. The van der Waals surface area contributed by atoms with Crippen molar-refractivity contribution in [1.82, 2.24) is 9.13 Å². The molecular weight excluding hydrogens is 522 g/mol. The zero-order valence-electron chi connectivity index (χ0n) is 22.2. The second kappa shape index (κ2) is 11.8. The third-order valence-corrected chi connectivity index (χ3v) is 7.48. The molecule has 1 atom stereocenters. The number of anilines is 2. The fourth-order valence-electron chi connectivity index (χ4n) is 4.23. The number of benzene rings is 2. The van der Waals surface area contributed by atoms with Gasteiger partial charge in [-0.05, 0) is 49.2 Å². The molecular formula is C27H32ClN5O4Si. The van der Waals surface area contributed by atoms with E-state index >= 15 is 0 Å². The average Bonchev–Trinajstić information content (AvgIpc) is 2.81. The highest BCUT2D eigenvalue weighted by Crippen LogP contribution is 2.21. The zero-order chi connectivity index (χ0) is 28.2. The molecule has 1 aromatic heterocycles. The Hall–Kier alpha value is -3.68. The van der Waals surface area contributed by atoms with Crippen LogP contribution in [0.1, 0.15) is 32.3 Å². The van der Waals surface area contributed by atoms with E-state index in [2.05, 4.69) is 30.3 Å². The van der Waals surface area contributed by atoms with Crippen LogP contribution in [0.25, 0.3) is 10.9 Å². The number of amides is 2. The maximum absolute atomic E-state index is 13.2. The fraction of sp³-hybridized carbons (Fsp3) is 0.370. The van der Waals surface area contributed by atoms with Gasteiger partial charge in [-0.2, -0.15) is 5.26 Å². The summed E-state index contributed by atoms with van der Waals surface area (Å²) in [5, 5.41) is 15.1. The Balaban J connectivity index is 1.71. The Labute approximate surface area is 227 Å². The lowest BCUT2D eigenvalue weighted by atomic mass is 10.0. The molecule has 2 aromatic carbocycles. The molecule has 0 aliphatic heterocycles. The van der Waals surface area contributed by atoms with Gasteiger partial charge in [0.2, 0.25) is 11.8 Å². The van der Waals surface area contributed by atoms with Crippen molar-refractivity contribution < 1.29 is 9.59 Å². The quantitative estimate of drug-likeness (QED) is 0.375. The summed E-state index contributed by atoms with van der Waals surface area (Å²) in [6, 6.07) is 11.5. The molecule has 9 nitrogen and oxygen atoms in total. The van der Waals surface area contributed by atoms with Crippen LogP contribution in [0.4, 0.5) is 11.4 Å². The first kappa shape index (κ1) is 28.9. The first-order valence-electron chi connectivity index (χ1n) is 12.4. The van der Waals surface area contributed by atoms with Gasteiger partial charge in [0.15, 0.2) is 0 Å². The summed E-state index contributed by atoms with van der Waals surface area (Å²) >= 11 is 6.01. The summed E-state index contributed by atoms with van der Waals surface area (Å²) in [5.41, 5.74) is 1.08. The van der Waals surface area contributed by atoms with E-state index in [-0.39, 0.29) is 46.8 Å². The number of rotatable bonds is 9. The highest BCUT2D eigenvalue weighted by atomic mass is 35.5. The predicted molar refractivity (Wildman–Crippen MR) is 153 cm³/mol. The summed E-state index contributed by atoms with van der Waals surface area (Å²) in [4.78, 5) is 51.3. The number of fused-ring (bicyclic) bond motifs is 1. The fourth-order valence-corrected chi connectivity index (χ4v) is 5.68. The molecule has 1 unspecified atom stereocenters. The number of nitriles is 1. The largest absolute Gasteiger partial charge is 0.331 e. The van der Waals surface area contributed by atoms with Crippen molar-refractivity contribution in [3.63, 3.8) is 0 Å². The highest BCUT2D eigenvalue weighted by molar-refractivity contribution is 6.74. The molecule has 2 N–H and O–H groups in total. The Morgan fingerprint density at radius 2 is 1.58 bits per heavy atom. The number of carbonyl (C=O) groups is 2. The second-order valence-electron chi connectivity index (χ2n) is 10.6. The summed E-state index contributed by atoms with van der Waals surface area (Å²) in [5.74, 6) is -0.835. The van der Waals surface area contributed by atoms with Gasteiger partial charge in [0.25, 0.3) is 5.56 Å². The molecule has 3 rings (SSSR count). The number of halogens is 1. The van der Waals surface area contributed by atoms with Crippen LogP contribution in [0, 0.1) is 17.2 Å². The lowest BCUT2D eigenvalue weighted by Crippen LogP contribution is -2.45. The molecule has 0 spiro atoms. The van der Waals surface area contributed by atoms with Crippen molar-refractivity contribution in [2.45, 2.75) is 59.0 Å². The van der Waals surface area contributed by atoms with Crippen molar-refractivity contribution in [1.29, 1.82) is 5.26 Å². The lowest BCUT2D eigenvalue weighted by molar-refractivity contribution is -0.118. The van der Waals surface area contributed by atoms with E-state index in [1.165, 1.54) is 16.7 Å². The van der Waals surface area contributed by atoms with Crippen LogP contribution in [0.15, 0.2) is 46.0 Å². The van der Waals surface area contributed by atoms with Gasteiger partial charge in [-0.25, -0.2) is 4.79 Å². The van der Waals surface area contributed by atoms with Crippen molar-refractivity contribution in [2.24, 2.45) is 5.92 Å². The standard InChI is InChI=1S/C27H32ClN5O4Si/c1-6-32-23-10-9-19(13-21(23)26(36)33(27(32)37)16-38(3,4)5)30-24(34)11-17(2)12-25(35)31-20-8-7-18(15-29)22(28)14-20/h7-10,13-14,17H,6,11-12,16H2,1-5H3,(H,30,34)(H,31,35). The van der Waals surface area contributed by atoms with E-state index in [1.807, 2.05) is 13.0 Å². The van der Waals surface area contributed by atoms with Gasteiger partial charge in [-0.3, -0.25) is 23.5 Å². The van der Waals surface area contributed by atoms with Crippen LogP contribution < -0.4 is 21.9 Å². The van der Waals surface area contributed by atoms with Crippen molar-refractivity contribution in [3.8, 4) is 6.07 Å². The smallest absolute Gasteiger partial charge is 0.326 e. The topological polar surface area (TPSA) is 126 Å². The summed E-state index contributed by atoms with van der Waals surface area (Å²) < 4.78 is 2.88. The van der Waals surface area contributed by atoms with Gasteiger partial charge in [0.05, 0.1) is 29.6 Å². The SMILES string of the molecule is CCn1c(=O)n(C[Si](C)(C)C)c(=O)c2cc(NC(=O)CC(C)CC(=O)Nc3ccc(C#N)c(Cl)c3)ccc21. The van der Waals surface area contributed by atoms with Crippen LogP contribution in [-0.4, -0.2) is 29.0 Å². The van der Waals surface area contributed by atoms with E-state index in [1.54, 1.807) is 35.8 Å². The van der Waals surface area contributed by atoms with Gasteiger partial charge in [-0.15, -0.1) is 0 Å². The molecule has 0 fully saturated rings. The van der Waals surface area contributed by atoms with Crippen LogP contribution in [-0.2, 0) is 22.3 Å². The molecule has 3 aromatic rings. The second-order valence-corrected chi connectivity index (χ2v) is 16.5. The third kappa shape index (κ3) is 6.99. The minimum atomic E-state index is -1.76. The first-order valence-corrected chi connectivity index (χ1v) is 16.5. The number of hydrogen-bond acceptors (Lipinski definition) is 5. The van der Waals surface area contributed by atoms with Crippen LogP contribution in [0.5, 0.6) is 0 Å². The van der Waals surface area contributed by atoms with Gasteiger partial charge in [0.1, 0.15) is 6.07 Å². The monoisotopic (exact) mass is 553 g/mol. The summed E-state index contributed by atoms with van der Waals surface area (Å²) in [6.07, 6.45) is 0.603. The molecule has 0 bridgehead atoms. The normalized spacial score (nSPS) is 12.1. The molecule has 38 heavy (non-hydrogen) atoms. The van der Waals surface area contributed by atoms with Gasteiger partial charge in [-0.1, -0.05) is 38.2 Å². The van der Waals surface area contributed by atoms with Gasteiger partial charge < -0.3 is 10.6 Å². The molecule has 0 saturated heterocycles. The third-order valence-electron chi connectivity index (χ3n) is 5.90. The minimum Gasteiger partial charge on any atom is -0.326 e. The van der Waals surface area contributed by atoms with Crippen molar-refractivity contribution in [2.75, 3.05) is 10.6 Å². The summed E-state index contributed by atoms with van der Waals surface area (Å²) in [6.45, 7) is 10.3. The van der Waals surface area contributed by atoms with E-state index in [4.69, 9.17) is 16.9 Å². The lowest BCUT2D eigenvalue weighted by Gasteiger charge is -2.19. The number of hydrogen-bond donors (Lipinski definition) is 2. The molecule has 11 heteroatoms. The van der Waals surface area contributed by atoms with E-state index in [9.17, 15) is 19.2 Å². The number of aromatic nitrogens is 2. The molecule has 200 valence electrons. The average molecular weight is 554 g/mol. The zero-order valence-corrected chi connectivity index (χ0v) is 24.0. The maximum atomic E-state index is 13.2. The molecule has 1 heterocycles. The maximum Gasteiger partial charge on any atom is 0.331 e. The molecule has 0 saturated carbocycles. The molecule has 0 aliphatic rings. The number of nitrogens with one attached hydrogen (secondary N) is 2. The number of aryl methyl sites for hydroxylation is 1. The summed E-state index contributed by atoms with van der Waals surface area (Å²) in [7, 11) is -1.76. The van der Waals surface area contributed by atoms with Crippen molar-refractivity contribution in [3.05, 3.63) is 67.8 Å². The Morgan fingerprint density at radius 1 is 1.00 bits per heavy atom. The van der Waals surface area contributed by atoms with Crippen LogP contribution >= 0.6 is 11.6 Å². The van der Waals surface area contributed by atoms with E-state index < -0.39 is 8.07 Å². The Morgan fingerprint density at radius 3 is 2.11 bits per heavy atom. The molecule has 0 radical (unpaired) electrons. The first-order chi connectivity index (χ1) is 17.8. The van der Waals surface area contributed by atoms with Crippen LogP contribution in [0.2, 0.25) is 24.7 Å². The minimum absolute atomic E-state index is 0.0912. The van der Waals surface area contributed by atoms with Crippen LogP contribution in [0.3, 0.4) is 0 Å². The van der Waals surface area contributed by atoms with Gasteiger partial charge >= 0.3 is 5.69 Å². The number of carbonyl (C=O) groups excluding carboxylic acids is 2. The van der Waals surface area contributed by atoms with Gasteiger partial charge in [0, 0.05) is 36.9 Å². The number of nitrogens with zero attached hydrogens (tertiary/aromatic N) is 3. The highest BCUT2D eigenvalue weighted by Gasteiger charge is 2.20. The Kier molecular flexibility index (Phi) is 8.96. The van der Waals surface area contributed by atoms with E-state index in [0.717, 1.165) is 0 Å². The Bertz CT molecular complexity index is 1550. The predicted octanol–water partition coefficient (Wildman–Crippen LogP) is 4.58. The van der Waals surface area contributed by atoms with E-state index in [0.29, 0.717) is 40.6 Å².